The van der Waals surface area contributed by atoms with Gasteiger partial charge in [-0.25, -0.2) is 9.59 Å². The lowest BCUT2D eigenvalue weighted by Crippen LogP contribution is -2.51. The van der Waals surface area contributed by atoms with Crippen LogP contribution in [0.5, 0.6) is 0 Å². The Bertz CT molecular complexity index is 822. The van der Waals surface area contributed by atoms with Gasteiger partial charge in [-0.2, -0.15) is 0 Å². The molecular formula is C21H28Cl2N4O3. The van der Waals surface area contributed by atoms with E-state index in [1.165, 1.54) is 0 Å². The molecule has 1 atom stereocenters. The summed E-state index contributed by atoms with van der Waals surface area (Å²) in [5, 5.41) is 7.10. The van der Waals surface area contributed by atoms with Crippen molar-refractivity contribution in [2.45, 2.75) is 26.3 Å². The quantitative estimate of drug-likeness (QED) is 0.645. The Morgan fingerprint density at radius 1 is 1.20 bits per heavy atom. The van der Waals surface area contributed by atoms with Crippen molar-refractivity contribution in [1.29, 1.82) is 0 Å². The molecule has 1 unspecified atom stereocenters. The molecule has 0 aliphatic carbocycles. The lowest BCUT2D eigenvalue weighted by atomic mass is 9.94. The van der Waals surface area contributed by atoms with Crippen molar-refractivity contribution in [3.05, 3.63) is 45.1 Å². The van der Waals surface area contributed by atoms with E-state index in [1.54, 1.807) is 30.0 Å². The molecule has 2 N–H and O–H groups in total. The Morgan fingerprint density at radius 2 is 2.00 bits per heavy atom. The summed E-state index contributed by atoms with van der Waals surface area (Å²) in [6, 6.07) is 4.22. The number of likely N-dealkylation sites (N-methyl/N-ethyl adjacent to an activating group) is 1. The van der Waals surface area contributed by atoms with Crippen LogP contribution in [0.15, 0.2) is 29.5 Å². The van der Waals surface area contributed by atoms with E-state index in [1.807, 2.05) is 6.92 Å². The molecule has 164 valence electrons. The average molecular weight is 455 g/mol. The Morgan fingerprint density at radius 3 is 2.70 bits per heavy atom. The monoisotopic (exact) mass is 454 g/mol. The van der Waals surface area contributed by atoms with Crippen molar-refractivity contribution >= 4 is 35.2 Å². The molecule has 1 aromatic carbocycles. The van der Waals surface area contributed by atoms with Gasteiger partial charge in [-0.1, -0.05) is 29.3 Å². The first-order chi connectivity index (χ1) is 14.5. The molecule has 2 heterocycles. The second-order valence-corrected chi connectivity index (χ2v) is 8.08. The average Bonchev–Trinajstić information content (AvgIpc) is 2.98. The van der Waals surface area contributed by atoms with Crippen LogP contribution in [0.25, 0.3) is 0 Å². The van der Waals surface area contributed by atoms with Crippen molar-refractivity contribution in [3.8, 4) is 0 Å². The molecule has 9 heteroatoms. The maximum absolute atomic E-state index is 13.1. The minimum atomic E-state index is -0.658. The van der Waals surface area contributed by atoms with Crippen LogP contribution < -0.4 is 10.6 Å². The summed E-state index contributed by atoms with van der Waals surface area (Å²) in [6.07, 6.45) is 1.01. The largest absolute Gasteiger partial charge is 0.463 e. The Kier molecular flexibility index (Phi) is 7.99. The van der Waals surface area contributed by atoms with Gasteiger partial charge >= 0.3 is 12.0 Å². The zero-order valence-corrected chi connectivity index (χ0v) is 18.9. The molecule has 2 aliphatic rings. The molecule has 1 saturated heterocycles. The van der Waals surface area contributed by atoms with E-state index in [-0.39, 0.29) is 12.6 Å². The topological polar surface area (TPSA) is 73.9 Å². The van der Waals surface area contributed by atoms with Crippen LogP contribution in [0, 0.1) is 0 Å². The van der Waals surface area contributed by atoms with E-state index in [4.69, 9.17) is 27.9 Å². The van der Waals surface area contributed by atoms with Gasteiger partial charge in [-0.15, -0.1) is 0 Å². The molecule has 1 fully saturated rings. The smallest absolute Gasteiger partial charge is 0.338 e. The lowest BCUT2D eigenvalue weighted by molar-refractivity contribution is -0.139. The number of ether oxygens (including phenoxy) is 1. The fraction of sp³-hybridized carbons (Fsp3) is 0.524. The predicted molar refractivity (Wildman–Crippen MR) is 118 cm³/mol. The predicted octanol–water partition coefficient (Wildman–Crippen LogP) is 3.19. The number of carbonyl (C=O) groups excluding carboxylic acids is 2. The lowest BCUT2D eigenvalue weighted by Gasteiger charge is -2.38. The van der Waals surface area contributed by atoms with Crippen molar-refractivity contribution in [2.24, 2.45) is 0 Å². The molecule has 0 saturated carbocycles. The van der Waals surface area contributed by atoms with Crippen LogP contribution in [0.3, 0.4) is 0 Å². The molecule has 0 aromatic heterocycles. The third kappa shape index (κ3) is 5.09. The summed E-state index contributed by atoms with van der Waals surface area (Å²) in [6.45, 7) is 8.42. The van der Waals surface area contributed by atoms with Gasteiger partial charge in [0.25, 0.3) is 0 Å². The number of rotatable bonds is 6. The molecule has 1 aromatic rings. The van der Waals surface area contributed by atoms with Crippen molar-refractivity contribution in [1.82, 2.24) is 20.4 Å². The van der Waals surface area contributed by atoms with Gasteiger partial charge < -0.3 is 15.4 Å². The Labute approximate surface area is 187 Å². The summed E-state index contributed by atoms with van der Waals surface area (Å²) in [5.41, 5.74) is 1.80. The Hall–Kier alpha value is -1.80. The second-order valence-electron chi connectivity index (χ2n) is 7.26. The van der Waals surface area contributed by atoms with Crippen LogP contribution in [0.2, 0.25) is 10.0 Å². The number of urea groups is 1. The summed E-state index contributed by atoms with van der Waals surface area (Å²) in [7, 11) is 0. The number of benzene rings is 1. The number of nitrogens with zero attached hydrogens (tertiary/aromatic N) is 2. The molecule has 2 aliphatic heterocycles. The van der Waals surface area contributed by atoms with Crippen LogP contribution in [0.1, 0.15) is 31.9 Å². The van der Waals surface area contributed by atoms with E-state index in [0.29, 0.717) is 40.0 Å². The molecule has 3 rings (SSSR count). The summed E-state index contributed by atoms with van der Waals surface area (Å²) >= 11 is 12.3. The van der Waals surface area contributed by atoms with Crippen LogP contribution in [-0.4, -0.2) is 67.7 Å². The highest BCUT2D eigenvalue weighted by molar-refractivity contribution is 6.42. The van der Waals surface area contributed by atoms with E-state index >= 15 is 0 Å². The van der Waals surface area contributed by atoms with Crippen LogP contribution >= 0.6 is 23.2 Å². The zero-order chi connectivity index (χ0) is 21.7. The van der Waals surface area contributed by atoms with Gasteiger partial charge in [0, 0.05) is 31.9 Å². The summed E-state index contributed by atoms with van der Waals surface area (Å²) in [5.74, 6) is -0.435. The Balaban J connectivity index is 2.08. The van der Waals surface area contributed by atoms with Crippen LogP contribution in [0.4, 0.5) is 4.79 Å². The van der Waals surface area contributed by atoms with Gasteiger partial charge in [-0.3, -0.25) is 9.80 Å². The minimum Gasteiger partial charge on any atom is -0.463 e. The van der Waals surface area contributed by atoms with Gasteiger partial charge in [0.2, 0.25) is 0 Å². The minimum absolute atomic E-state index is 0.246. The number of amides is 2. The van der Waals surface area contributed by atoms with E-state index in [9.17, 15) is 9.59 Å². The van der Waals surface area contributed by atoms with E-state index < -0.39 is 12.0 Å². The molecular weight excluding hydrogens is 427 g/mol. The first kappa shape index (κ1) is 22.9. The number of hydrogen-bond donors (Lipinski definition) is 2. The normalized spacial score (nSPS) is 20.7. The first-order valence-electron chi connectivity index (χ1n) is 10.3. The number of halogens is 2. The molecule has 2 amide bonds. The van der Waals surface area contributed by atoms with Gasteiger partial charge in [-0.05, 0) is 51.1 Å². The zero-order valence-electron chi connectivity index (χ0n) is 17.3. The van der Waals surface area contributed by atoms with Gasteiger partial charge in [0.1, 0.15) is 0 Å². The number of esters is 1. The van der Waals surface area contributed by atoms with Crippen molar-refractivity contribution in [3.63, 3.8) is 0 Å². The maximum atomic E-state index is 13.1. The van der Waals surface area contributed by atoms with Crippen molar-refractivity contribution in [2.75, 3.05) is 45.9 Å². The van der Waals surface area contributed by atoms with Gasteiger partial charge in [0.05, 0.1) is 28.3 Å². The van der Waals surface area contributed by atoms with E-state index in [0.717, 1.165) is 32.6 Å². The molecule has 0 bridgehead atoms. The third-order valence-corrected chi connectivity index (χ3v) is 6.07. The molecule has 0 spiro atoms. The summed E-state index contributed by atoms with van der Waals surface area (Å²) < 4.78 is 5.39. The number of hydrogen-bond acceptors (Lipinski definition) is 5. The standard InChI is InChI=1S/C21H28Cl2N4O3/c1-3-27-17(13-26-10-5-8-24-9-11-26)18(20(28)30-4-2)19(25-21(27)29)14-6-7-15(22)16(23)12-14/h6-7,12,19,24H,3-5,8-11,13H2,1-2H3,(H,25,29). The first-order valence-corrected chi connectivity index (χ1v) is 11.1. The highest BCUT2D eigenvalue weighted by Gasteiger charge is 2.38. The molecule has 30 heavy (non-hydrogen) atoms. The summed E-state index contributed by atoms with van der Waals surface area (Å²) in [4.78, 5) is 29.9. The third-order valence-electron chi connectivity index (χ3n) is 5.33. The number of carbonyl (C=O) groups is 2. The molecule has 7 nitrogen and oxygen atoms in total. The SMILES string of the molecule is CCOC(=O)C1=C(CN2CCCNCC2)N(CC)C(=O)NC1c1ccc(Cl)c(Cl)c1. The van der Waals surface area contributed by atoms with Crippen molar-refractivity contribution < 1.29 is 14.3 Å². The second kappa shape index (κ2) is 10.5. The maximum Gasteiger partial charge on any atom is 0.338 e. The van der Waals surface area contributed by atoms with Crippen LogP contribution in [-0.2, 0) is 9.53 Å². The fourth-order valence-corrected chi connectivity index (χ4v) is 4.18. The highest BCUT2D eigenvalue weighted by atomic mass is 35.5. The number of nitrogens with one attached hydrogen (secondary N) is 2. The van der Waals surface area contributed by atoms with E-state index in [2.05, 4.69) is 15.5 Å². The highest BCUT2D eigenvalue weighted by Crippen LogP contribution is 2.34. The fourth-order valence-electron chi connectivity index (χ4n) is 3.87. The van der Waals surface area contributed by atoms with Gasteiger partial charge in [0.15, 0.2) is 0 Å². The molecule has 0 radical (unpaired) electrons.